The third kappa shape index (κ3) is 1.21. The highest BCUT2D eigenvalue weighted by Gasteiger charge is 2.22. The van der Waals surface area contributed by atoms with Crippen molar-refractivity contribution in [3.05, 3.63) is 37.0 Å². The Labute approximate surface area is 62.9 Å². The molecule has 0 heteroatoms. The first-order valence-corrected chi connectivity index (χ1v) is 3.65. The molecule has 0 radical (unpaired) electrons. The van der Waals surface area contributed by atoms with Crippen LogP contribution in [0.15, 0.2) is 37.0 Å². The van der Waals surface area contributed by atoms with Crippen LogP contribution in [0.1, 0.15) is 13.8 Å². The van der Waals surface area contributed by atoms with E-state index in [1.54, 1.807) is 0 Å². The van der Waals surface area contributed by atoms with Crippen molar-refractivity contribution < 1.29 is 0 Å². The van der Waals surface area contributed by atoms with E-state index in [1.165, 1.54) is 0 Å². The summed E-state index contributed by atoms with van der Waals surface area (Å²) in [6.07, 6.45) is 10.6. The van der Waals surface area contributed by atoms with Crippen LogP contribution in [0.4, 0.5) is 0 Å². The average Bonchev–Trinajstić information content (AvgIpc) is 1.87. The van der Waals surface area contributed by atoms with Crippen molar-refractivity contribution in [3.8, 4) is 0 Å². The molecule has 1 aliphatic carbocycles. The maximum Gasteiger partial charge on any atom is 0.00329 e. The molecule has 1 aliphatic rings. The second kappa shape index (κ2) is 2.45. The lowest BCUT2D eigenvalue weighted by Crippen LogP contribution is -2.19. The predicted molar refractivity (Wildman–Crippen MR) is 45.7 cm³/mol. The maximum atomic E-state index is 3.79. The van der Waals surface area contributed by atoms with E-state index >= 15 is 0 Å². The lowest BCUT2D eigenvalue weighted by atomic mass is 9.76. The Bertz CT molecular complexity index is 182. The minimum atomic E-state index is 0.260. The van der Waals surface area contributed by atoms with Gasteiger partial charge in [0.25, 0.3) is 0 Å². The Morgan fingerprint density at radius 1 is 1.40 bits per heavy atom. The lowest BCUT2D eigenvalue weighted by Gasteiger charge is -2.28. The molecule has 0 N–H and O–H groups in total. The molecule has 1 unspecified atom stereocenters. The highest BCUT2D eigenvalue weighted by Crippen LogP contribution is 2.32. The molecule has 0 spiro atoms. The summed E-state index contributed by atoms with van der Waals surface area (Å²) in [5.41, 5.74) is 0.260. The number of allylic oxidation sites excluding steroid dienone is 5. The van der Waals surface area contributed by atoms with E-state index in [-0.39, 0.29) is 5.41 Å². The van der Waals surface area contributed by atoms with Gasteiger partial charge >= 0.3 is 0 Å². The molecule has 0 heterocycles. The van der Waals surface area contributed by atoms with Crippen molar-refractivity contribution in [2.75, 3.05) is 0 Å². The lowest BCUT2D eigenvalue weighted by molar-refractivity contribution is 0.398. The van der Waals surface area contributed by atoms with Gasteiger partial charge in [0.1, 0.15) is 0 Å². The fraction of sp³-hybridized carbons (Fsp3) is 0.400. The fourth-order valence-corrected chi connectivity index (χ4v) is 1.23. The number of rotatable bonds is 1. The second-order valence-electron chi connectivity index (χ2n) is 3.33. The molecule has 0 saturated heterocycles. The van der Waals surface area contributed by atoms with Gasteiger partial charge in [-0.05, 0) is 5.41 Å². The maximum absolute atomic E-state index is 3.79. The standard InChI is InChI=1S/C10H14/c1-4-9-7-5-6-8-10(9,2)3/h4-9H,1H2,2-3H3. The molecule has 1 atom stereocenters. The first-order valence-electron chi connectivity index (χ1n) is 3.65. The predicted octanol–water partition coefficient (Wildman–Crippen LogP) is 2.94. The summed E-state index contributed by atoms with van der Waals surface area (Å²) in [4.78, 5) is 0. The van der Waals surface area contributed by atoms with E-state index < -0.39 is 0 Å². The molecule has 10 heavy (non-hydrogen) atoms. The fourth-order valence-electron chi connectivity index (χ4n) is 1.23. The highest BCUT2D eigenvalue weighted by molar-refractivity contribution is 5.21. The van der Waals surface area contributed by atoms with Gasteiger partial charge in [-0.1, -0.05) is 44.2 Å². The van der Waals surface area contributed by atoms with Gasteiger partial charge in [-0.25, -0.2) is 0 Å². The zero-order valence-corrected chi connectivity index (χ0v) is 6.67. The molecule has 0 fully saturated rings. The van der Waals surface area contributed by atoms with Crippen LogP contribution in [0.25, 0.3) is 0 Å². The molecule has 0 aromatic carbocycles. The van der Waals surface area contributed by atoms with E-state index in [4.69, 9.17) is 0 Å². The molecule has 0 aromatic heterocycles. The Morgan fingerprint density at radius 3 is 2.50 bits per heavy atom. The summed E-state index contributed by atoms with van der Waals surface area (Å²) in [7, 11) is 0. The highest BCUT2D eigenvalue weighted by atomic mass is 14.3. The molecule has 1 rings (SSSR count). The molecule has 0 nitrogen and oxygen atoms in total. The van der Waals surface area contributed by atoms with Crippen molar-refractivity contribution in [2.24, 2.45) is 11.3 Å². The summed E-state index contributed by atoms with van der Waals surface area (Å²) in [5.74, 6) is 0.498. The quantitative estimate of drug-likeness (QED) is 0.484. The van der Waals surface area contributed by atoms with Crippen LogP contribution in [-0.4, -0.2) is 0 Å². The van der Waals surface area contributed by atoms with Crippen LogP contribution >= 0.6 is 0 Å². The van der Waals surface area contributed by atoms with Crippen molar-refractivity contribution in [1.29, 1.82) is 0 Å². The summed E-state index contributed by atoms with van der Waals surface area (Å²) >= 11 is 0. The summed E-state index contributed by atoms with van der Waals surface area (Å²) < 4.78 is 0. The first kappa shape index (κ1) is 7.33. The van der Waals surface area contributed by atoms with E-state index in [2.05, 4.69) is 44.7 Å². The van der Waals surface area contributed by atoms with E-state index in [0.29, 0.717) is 5.92 Å². The van der Waals surface area contributed by atoms with Crippen LogP contribution in [0.5, 0.6) is 0 Å². The van der Waals surface area contributed by atoms with Gasteiger partial charge in [0.05, 0.1) is 0 Å². The van der Waals surface area contributed by atoms with Crippen LogP contribution in [-0.2, 0) is 0 Å². The van der Waals surface area contributed by atoms with Crippen molar-refractivity contribution in [2.45, 2.75) is 13.8 Å². The summed E-state index contributed by atoms with van der Waals surface area (Å²) in [6.45, 7) is 8.24. The van der Waals surface area contributed by atoms with Crippen LogP contribution in [0.3, 0.4) is 0 Å². The van der Waals surface area contributed by atoms with Gasteiger partial charge in [0.2, 0.25) is 0 Å². The van der Waals surface area contributed by atoms with Gasteiger partial charge in [-0.15, -0.1) is 6.58 Å². The molecule has 0 bridgehead atoms. The van der Waals surface area contributed by atoms with Gasteiger partial charge < -0.3 is 0 Å². The summed E-state index contributed by atoms with van der Waals surface area (Å²) in [5, 5.41) is 0. The molecule has 0 amide bonds. The Hall–Kier alpha value is -0.780. The molecule has 0 saturated carbocycles. The van der Waals surface area contributed by atoms with E-state index in [9.17, 15) is 0 Å². The zero-order valence-electron chi connectivity index (χ0n) is 6.67. The topological polar surface area (TPSA) is 0 Å². The monoisotopic (exact) mass is 134 g/mol. The number of hydrogen-bond acceptors (Lipinski definition) is 0. The Morgan fingerprint density at radius 2 is 2.10 bits per heavy atom. The molecular formula is C10H14. The van der Waals surface area contributed by atoms with Crippen LogP contribution in [0, 0.1) is 11.3 Å². The van der Waals surface area contributed by atoms with Gasteiger partial charge in [0.15, 0.2) is 0 Å². The molecule has 0 aromatic rings. The van der Waals surface area contributed by atoms with Crippen LogP contribution < -0.4 is 0 Å². The van der Waals surface area contributed by atoms with E-state index in [0.717, 1.165) is 0 Å². The number of hydrogen-bond donors (Lipinski definition) is 0. The van der Waals surface area contributed by atoms with E-state index in [1.807, 2.05) is 6.08 Å². The molecular weight excluding hydrogens is 120 g/mol. The summed E-state index contributed by atoms with van der Waals surface area (Å²) in [6, 6.07) is 0. The molecule has 0 aliphatic heterocycles. The third-order valence-electron chi connectivity index (χ3n) is 2.07. The van der Waals surface area contributed by atoms with Crippen molar-refractivity contribution in [3.63, 3.8) is 0 Å². The average molecular weight is 134 g/mol. The molecule has 54 valence electrons. The van der Waals surface area contributed by atoms with Gasteiger partial charge in [0, 0.05) is 5.92 Å². The minimum Gasteiger partial charge on any atom is -0.102 e. The smallest absolute Gasteiger partial charge is 0.00329 e. The van der Waals surface area contributed by atoms with Crippen molar-refractivity contribution in [1.82, 2.24) is 0 Å². The Balaban J connectivity index is 2.84. The third-order valence-corrected chi connectivity index (χ3v) is 2.07. The largest absolute Gasteiger partial charge is 0.102 e. The minimum absolute atomic E-state index is 0.260. The SMILES string of the molecule is C=CC1C=CC=CC1(C)C. The van der Waals surface area contributed by atoms with Crippen LogP contribution in [0.2, 0.25) is 0 Å². The normalized spacial score (nSPS) is 28.4. The zero-order chi connectivity index (χ0) is 7.61. The van der Waals surface area contributed by atoms with Gasteiger partial charge in [-0.2, -0.15) is 0 Å². The Kier molecular flexibility index (Phi) is 1.80. The second-order valence-corrected chi connectivity index (χ2v) is 3.33. The van der Waals surface area contributed by atoms with Crippen molar-refractivity contribution >= 4 is 0 Å². The van der Waals surface area contributed by atoms with Gasteiger partial charge in [-0.3, -0.25) is 0 Å². The first-order chi connectivity index (χ1) is 4.67.